The molecule has 2 heterocycles. The molecule has 1 saturated heterocycles. The van der Waals surface area contributed by atoms with Crippen LogP contribution in [-0.4, -0.2) is 55.2 Å². The summed E-state index contributed by atoms with van der Waals surface area (Å²) in [5, 5.41) is 6.08. The normalized spacial score (nSPS) is 15.2. The number of nitrogens with zero attached hydrogens (tertiary/aromatic N) is 2. The van der Waals surface area contributed by atoms with E-state index in [9.17, 15) is 4.79 Å². The molecule has 0 atom stereocenters. The summed E-state index contributed by atoms with van der Waals surface area (Å²) in [7, 11) is 1.66. The van der Waals surface area contributed by atoms with E-state index in [1.165, 1.54) is 11.1 Å². The summed E-state index contributed by atoms with van der Waals surface area (Å²) < 4.78 is 5.16. The number of ether oxygens (including phenoxy) is 1. The zero-order valence-corrected chi connectivity index (χ0v) is 16.6. The van der Waals surface area contributed by atoms with E-state index in [2.05, 4.69) is 32.7 Å². The van der Waals surface area contributed by atoms with Crippen molar-refractivity contribution in [3.8, 4) is 5.75 Å². The smallest absolute Gasteiger partial charge is 0.315 e. The third kappa shape index (κ3) is 6.53. The number of nitrogens with one attached hydrogen (secondary N) is 2. The van der Waals surface area contributed by atoms with Gasteiger partial charge in [0.25, 0.3) is 0 Å². The van der Waals surface area contributed by atoms with Crippen LogP contribution in [0.4, 0.5) is 4.79 Å². The van der Waals surface area contributed by atoms with Crippen LogP contribution in [0.2, 0.25) is 0 Å². The standard InChI is InChI=1S/C22H30N4O2/c1-28-21-4-2-18(3-5-21)8-14-24-22(27)25-20-10-16-26(17-11-20)15-9-19-6-12-23-13-7-19/h2-7,12-13,20H,8-11,14-17H2,1H3,(H2,24,25,27). The second kappa shape index (κ2) is 10.7. The van der Waals surface area contributed by atoms with E-state index in [4.69, 9.17) is 4.74 Å². The summed E-state index contributed by atoms with van der Waals surface area (Å²) >= 11 is 0. The molecule has 1 aliphatic rings. The number of methoxy groups -OCH3 is 1. The molecule has 0 spiro atoms. The molecule has 1 aliphatic heterocycles. The minimum absolute atomic E-state index is 0.0660. The molecule has 0 saturated carbocycles. The first-order valence-corrected chi connectivity index (χ1v) is 10.0. The highest BCUT2D eigenvalue weighted by Gasteiger charge is 2.20. The highest BCUT2D eigenvalue weighted by Crippen LogP contribution is 2.12. The molecule has 150 valence electrons. The van der Waals surface area contributed by atoms with Crippen LogP contribution >= 0.6 is 0 Å². The fraction of sp³-hybridized carbons (Fsp3) is 0.455. The van der Waals surface area contributed by atoms with Gasteiger partial charge in [-0.2, -0.15) is 0 Å². The Morgan fingerprint density at radius 3 is 2.43 bits per heavy atom. The average molecular weight is 383 g/mol. The third-order valence-electron chi connectivity index (χ3n) is 5.25. The SMILES string of the molecule is COc1ccc(CCNC(=O)NC2CCN(CCc3ccncc3)CC2)cc1. The maximum atomic E-state index is 12.1. The fourth-order valence-electron chi connectivity index (χ4n) is 3.49. The Morgan fingerprint density at radius 2 is 1.75 bits per heavy atom. The Kier molecular flexibility index (Phi) is 7.67. The number of hydrogen-bond acceptors (Lipinski definition) is 4. The number of pyridine rings is 1. The monoisotopic (exact) mass is 382 g/mol. The summed E-state index contributed by atoms with van der Waals surface area (Å²) in [6, 6.07) is 12.3. The zero-order chi connectivity index (χ0) is 19.6. The first kappa shape index (κ1) is 20.1. The number of likely N-dealkylation sites (tertiary alicyclic amines) is 1. The van der Waals surface area contributed by atoms with Gasteiger partial charge in [0, 0.05) is 44.6 Å². The molecule has 0 bridgehead atoms. The van der Waals surface area contributed by atoms with Crippen LogP contribution in [-0.2, 0) is 12.8 Å². The van der Waals surface area contributed by atoms with Gasteiger partial charge in [0.1, 0.15) is 5.75 Å². The quantitative estimate of drug-likeness (QED) is 0.737. The Hall–Kier alpha value is -2.60. The van der Waals surface area contributed by atoms with Crippen LogP contribution in [0, 0.1) is 0 Å². The number of rotatable bonds is 8. The number of benzene rings is 1. The van der Waals surface area contributed by atoms with Gasteiger partial charge in [-0.3, -0.25) is 4.98 Å². The average Bonchev–Trinajstić information content (AvgIpc) is 2.74. The van der Waals surface area contributed by atoms with E-state index < -0.39 is 0 Å². The van der Waals surface area contributed by atoms with Crippen LogP contribution in [0.5, 0.6) is 5.75 Å². The van der Waals surface area contributed by atoms with Gasteiger partial charge in [-0.15, -0.1) is 0 Å². The molecule has 0 radical (unpaired) electrons. The van der Waals surface area contributed by atoms with Crippen molar-refractivity contribution in [2.45, 2.75) is 31.7 Å². The molecule has 6 nitrogen and oxygen atoms in total. The van der Waals surface area contributed by atoms with E-state index in [-0.39, 0.29) is 12.1 Å². The Labute approximate surface area is 167 Å². The van der Waals surface area contributed by atoms with E-state index in [0.717, 1.165) is 51.1 Å². The van der Waals surface area contributed by atoms with Crippen LogP contribution < -0.4 is 15.4 Å². The van der Waals surface area contributed by atoms with Crippen molar-refractivity contribution in [3.63, 3.8) is 0 Å². The van der Waals surface area contributed by atoms with Crippen molar-refractivity contribution < 1.29 is 9.53 Å². The van der Waals surface area contributed by atoms with Crippen LogP contribution in [0.1, 0.15) is 24.0 Å². The van der Waals surface area contributed by atoms with E-state index in [1.807, 2.05) is 36.7 Å². The number of amides is 2. The van der Waals surface area contributed by atoms with Crippen molar-refractivity contribution in [2.75, 3.05) is 33.3 Å². The molecule has 0 unspecified atom stereocenters. The molecule has 1 fully saturated rings. The second-order valence-corrected chi connectivity index (χ2v) is 7.22. The van der Waals surface area contributed by atoms with E-state index in [1.54, 1.807) is 7.11 Å². The molecular weight excluding hydrogens is 352 g/mol. The lowest BCUT2D eigenvalue weighted by atomic mass is 10.0. The van der Waals surface area contributed by atoms with Crippen LogP contribution in [0.25, 0.3) is 0 Å². The molecule has 28 heavy (non-hydrogen) atoms. The lowest BCUT2D eigenvalue weighted by Gasteiger charge is -2.32. The van der Waals surface area contributed by atoms with Crippen LogP contribution in [0.3, 0.4) is 0 Å². The van der Waals surface area contributed by atoms with Gasteiger partial charge in [0.2, 0.25) is 0 Å². The predicted molar refractivity (Wildman–Crippen MR) is 111 cm³/mol. The van der Waals surface area contributed by atoms with Gasteiger partial charge in [-0.25, -0.2) is 4.79 Å². The van der Waals surface area contributed by atoms with Gasteiger partial charge in [0.05, 0.1) is 7.11 Å². The maximum Gasteiger partial charge on any atom is 0.315 e. The zero-order valence-electron chi connectivity index (χ0n) is 16.6. The van der Waals surface area contributed by atoms with E-state index >= 15 is 0 Å². The molecule has 2 N–H and O–H groups in total. The molecule has 0 aliphatic carbocycles. The number of carbonyl (C=O) groups excluding carboxylic acids is 1. The molecule has 2 aromatic rings. The number of carbonyl (C=O) groups is 1. The second-order valence-electron chi connectivity index (χ2n) is 7.22. The Balaban J connectivity index is 1.29. The molecule has 1 aromatic heterocycles. The lowest BCUT2D eigenvalue weighted by Crippen LogP contribution is -2.48. The van der Waals surface area contributed by atoms with E-state index in [0.29, 0.717) is 6.54 Å². The highest BCUT2D eigenvalue weighted by atomic mass is 16.5. The fourth-order valence-corrected chi connectivity index (χ4v) is 3.49. The number of piperidine rings is 1. The molecular formula is C22H30N4O2. The number of urea groups is 1. The molecule has 6 heteroatoms. The molecule has 1 aromatic carbocycles. The first-order valence-electron chi connectivity index (χ1n) is 10.0. The summed E-state index contributed by atoms with van der Waals surface area (Å²) in [5.74, 6) is 0.849. The Morgan fingerprint density at radius 1 is 1.07 bits per heavy atom. The summed E-state index contributed by atoms with van der Waals surface area (Å²) in [6.45, 7) is 3.75. The Bertz CT molecular complexity index is 713. The van der Waals surface area contributed by atoms with Crippen molar-refractivity contribution in [2.24, 2.45) is 0 Å². The summed E-state index contributed by atoms with van der Waals surface area (Å²) in [5.41, 5.74) is 2.51. The summed E-state index contributed by atoms with van der Waals surface area (Å²) in [4.78, 5) is 18.7. The minimum Gasteiger partial charge on any atom is -0.497 e. The van der Waals surface area contributed by atoms with Crippen molar-refractivity contribution in [3.05, 3.63) is 59.9 Å². The topological polar surface area (TPSA) is 66.5 Å². The minimum atomic E-state index is -0.0660. The van der Waals surface area contributed by atoms with Crippen molar-refractivity contribution in [1.82, 2.24) is 20.5 Å². The van der Waals surface area contributed by atoms with Crippen molar-refractivity contribution in [1.29, 1.82) is 0 Å². The van der Waals surface area contributed by atoms with Gasteiger partial charge >= 0.3 is 6.03 Å². The summed E-state index contributed by atoms with van der Waals surface area (Å²) in [6.07, 6.45) is 7.55. The van der Waals surface area contributed by atoms with Crippen LogP contribution in [0.15, 0.2) is 48.8 Å². The highest BCUT2D eigenvalue weighted by molar-refractivity contribution is 5.74. The largest absolute Gasteiger partial charge is 0.497 e. The molecule has 3 rings (SSSR count). The lowest BCUT2D eigenvalue weighted by molar-refractivity contribution is 0.194. The van der Waals surface area contributed by atoms with Gasteiger partial charge in [-0.1, -0.05) is 12.1 Å². The van der Waals surface area contributed by atoms with Gasteiger partial charge in [-0.05, 0) is 61.1 Å². The number of aromatic nitrogens is 1. The third-order valence-corrected chi connectivity index (χ3v) is 5.25. The van der Waals surface area contributed by atoms with Gasteiger partial charge in [0.15, 0.2) is 0 Å². The van der Waals surface area contributed by atoms with Crippen molar-refractivity contribution >= 4 is 6.03 Å². The molecule has 2 amide bonds. The maximum absolute atomic E-state index is 12.1. The number of hydrogen-bond donors (Lipinski definition) is 2. The van der Waals surface area contributed by atoms with Gasteiger partial charge < -0.3 is 20.3 Å². The first-order chi connectivity index (χ1) is 13.7. The predicted octanol–water partition coefficient (Wildman–Crippen LogP) is 2.64.